The molecule has 2 fully saturated rings. The minimum atomic E-state index is 0.370. The average Bonchev–Trinajstić information content (AvgIpc) is 2.24. The first-order chi connectivity index (χ1) is 9.42. The van der Waals surface area contributed by atoms with Crippen LogP contribution in [0.4, 0.5) is 0 Å². The Morgan fingerprint density at radius 1 is 0.750 bits per heavy atom. The summed E-state index contributed by atoms with van der Waals surface area (Å²) in [5.41, 5.74) is 0. The molecule has 118 valence electrons. The van der Waals surface area contributed by atoms with Gasteiger partial charge in [0.15, 0.2) is 0 Å². The van der Waals surface area contributed by atoms with E-state index in [0.717, 1.165) is 26.2 Å². The monoisotopic (exact) mass is 284 g/mol. The van der Waals surface area contributed by atoms with E-state index in [1.165, 1.54) is 13.1 Å². The highest BCUT2D eigenvalue weighted by Crippen LogP contribution is 2.15. The van der Waals surface area contributed by atoms with E-state index < -0.39 is 0 Å². The third-order valence-corrected chi connectivity index (χ3v) is 4.13. The molecule has 2 heterocycles. The van der Waals surface area contributed by atoms with E-state index in [4.69, 9.17) is 9.47 Å². The van der Waals surface area contributed by atoms with Crippen molar-refractivity contribution in [2.45, 2.75) is 59.0 Å². The molecule has 0 saturated carbocycles. The quantitative estimate of drug-likeness (QED) is 0.786. The van der Waals surface area contributed by atoms with Crippen LogP contribution in [0.15, 0.2) is 0 Å². The van der Waals surface area contributed by atoms with E-state index in [0.29, 0.717) is 30.3 Å². The molecule has 2 aliphatic rings. The van der Waals surface area contributed by atoms with Crippen LogP contribution in [-0.4, -0.2) is 73.5 Å². The minimum Gasteiger partial charge on any atom is -0.373 e. The van der Waals surface area contributed by atoms with Gasteiger partial charge in [-0.15, -0.1) is 0 Å². The van der Waals surface area contributed by atoms with Gasteiger partial charge in [-0.3, -0.25) is 9.80 Å². The van der Waals surface area contributed by atoms with Crippen LogP contribution >= 0.6 is 0 Å². The summed E-state index contributed by atoms with van der Waals surface area (Å²) >= 11 is 0. The zero-order valence-corrected chi connectivity index (χ0v) is 13.8. The first kappa shape index (κ1) is 16.2. The van der Waals surface area contributed by atoms with E-state index >= 15 is 0 Å². The van der Waals surface area contributed by atoms with Crippen molar-refractivity contribution < 1.29 is 9.47 Å². The van der Waals surface area contributed by atoms with Gasteiger partial charge in [-0.25, -0.2) is 0 Å². The van der Waals surface area contributed by atoms with Gasteiger partial charge in [0.2, 0.25) is 0 Å². The Bertz CT molecular complexity index is 252. The second-order valence-electron chi connectivity index (χ2n) is 7.06. The summed E-state index contributed by atoms with van der Waals surface area (Å²) in [6.45, 7) is 17.7. The molecule has 0 aliphatic carbocycles. The van der Waals surface area contributed by atoms with Crippen molar-refractivity contribution in [1.29, 1.82) is 0 Å². The summed E-state index contributed by atoms with van der Waals surface area (Å²) in [7, 11) is 0. The summed E-state index contributed by atoms with van der Waals surface area (Å²) in [5, 5.41) is 0. The summed E-state index contributed by atoms with van der Waals surface area (Å²) < 4.78 is 11.6. The van der Waals surface area contributed by atoms with Gasteiger partial charge in [-0.1, -0.05) is 6.92 Å². The number of ether oxygens (including phenoxy) is 2. The van der Waals surface area contributed by atoms with Gasteiger partial charge in [-0.2, -0.15) is 0 Å². The van der Waals surface area contributed by atoms with Gasteiger partial charge < -0.3 is 9.47 Å². The maximum Gasteiger partial charge on any atom is 0.0678 e. The lowest BCUT2D eigenvalue weighted by Gasteiger charge is -2.39. The van der Waals surface area contributed by atoms with Crippen LogP contribution < -0.4 is 0 Å². The van der Waals surface area contributed by atoms with Crippen LogP contribution in [-0.2, 0) is 9.47 Å². The number of nitrogens with zero attached hydrogens (tertiary/aromatic N) is 2. The zero-order chi connectivity index (χ0) is 14.7. The molecule has 0 aromatic heterocycles. The van der Waals surface area contributed by atoms with Crippen LogP contribution in [0.3, 0.4) is 0 Å². The van der Waals surface area contributed by atoms with E-state index in [1.54, 1.807) is 0 Å². The SMILES string of the molecule is CC(CN1C[C@@H](C)O[C@H](C)C1)CN1C[C@@H](C)O[C@@H](C)C1. The number of morpholine rings is 2. The molecule has 0 aromatic rings. The van der Waals surface area contributed by atoms with Crippen LogP contribution in [0.1, 0.15) is 34.6 Å². The fourth-order valence-electron chi connectivity index (χ4n) is 3.81. The fraction of sp³-hybridized carbons (Fsp3) is 1.00. The second kappa shape index (κ2) is 7.21. The highest BCUT2D eigenvalue weighted by Gasteiger charge is 2.26. The predicted molar refractivity (Wildman–Crippen MR) is 82.1 cm³/mol. The maximum atomic E-state index is 5.81. The van der Waals surface area contributed by atoms with E-state index in [1.807, 2.05) is 0 Å². The Morgan fingerprint density at radius 3 is 1.35 bits per heavy atom. The van der Waals surface area contributed by atoms with E-state index in [9.17, 15) is 0 Å². The first-order valence-electron chi connectivity index (χ1n) is 8.18. The molecule has 0 bridgehead atoms. The molecule has 0 radical (unpaired) electrons. The molecule has 4 nitrogen and oxygen atoms in total. The third-order valence-electron chi connectivity index (χ3n) is 4.13. The van der Waals surface area contributed by atoms with Gasteiger partial charge in [0.25, 0.3) is 0 Å². The van der Waals surface area contributed by atoms with Crippen molar-refractivity contribution in [3.8, 4) is 0 Å². The maximum absolute atomic E-state index is 5.81. The summed E-state index contributed by atoms with van der Waals surface area (Å²) in [5.74, 6) is 0.699. The van der Waals surface area contributed by atoms with Crippen molar-refractivity contribution in [1.82, 2.24) is 9.80 Å². The van der Waals surface area contributed by atoms with Gasteiger partial charge in [0, 0.05) is 39.3 Å². The van der Waals surface area contributed by atoms with Crippen LogP contribution in [0.5, 0.6) is 0 Å². The Hall–Kier alpha value is -0.160. The molecule has 2 rings (SSSR count). The summed E-state index contributed by atoms with van der Waals surface area (Å²) in [6, 6.07) is 0. The summed E-state index contributed by atoms with van der Waals surface area (Å²) in [4.78, 5) is 5.13. The molecule has 0 spiro atoms. The Labute approximate surface area is 124 Å². The van der Waals surface area contributed by atoms with Crippen molar-refractivity contribution in [3.63, 3.8) is 0 Å². The molecule has 2 saturated heterocycles. The molecule has 0 amide bonds. The largest absolute Gasteiger partial charge is 0.373 e. The predicted octanol–water partition coefficient (Wildman–Crippen LogP) is 1.84. The number of rotatable bonds is 4. The molecule has 0 aromatic carbocycles. The molecule has 1 unspecified atom stereocenters. The van der Waals surface area contributed by atoms with Gasteiger partial charge in [0.05, 0.1) is 24.4 Å². The van der Waals surface area contributed by atoms with Crippen molar-refractivity contribution in [2.75, 3.05) is 39.3 Å². The number of hydrogen-bond donors (Lipinski definition) is 0. The van der Waals surface area contributed by atoms with E-state index in [2.05, 4.69) is 44.4 Å². The molecule has 4 heteroatoms. The van der Waals surface area contributed by atoms with E-state index in [-0.39, 0.29) is 0 Å². The highest BCUT2D eigenvalue weighted by atomic mass is 16.5. The standard InChI is InChI=1S/C16H32N2O2/c1-12(6-17-8-13(2)19-14(3)9-17)7-18-10-15(4)20-16(5)11-18/h12-16H,6-11H2,1-5H3/t12?,13-,14-,15-,16+/m1/s1. The molecule has 20 heavy (non-hydrogen) atoms. The second-order valence-corrected chi connectivity index (χ2v) is 7.06. The third kappa shape index (κ3) is 4.99. The lowest BCUT2D eigenvalue weighted by molar-refractivity contribution is -0.0811. The topological polar surface area (TPSA) is 24.9 Å². The molecule has 0 N–H and O–H groups in total. The lowest BCUT2D eigenvalue weighted by atomic mass is 10.1. The van der Waals surface area contributed by atoms with Crippen LogP contribution in [0.25, 0.3) is 0 Å². The highest BCUT2D eigenvalue weighted by molar-refractivity contribution is 4.78. The van der Waals surface area contributed by atoms with Gasteiger partial charge in [0.1, 0.15) is 0 Å². The van der Waals surface area contributed by atoms with Crippen molar-refractivity contribution >= 4 is 0 Å². The molecule has 5 atom stereocenters. The van der Waals surface area contributed by atoms with Crippen molar-refractivity contribution in [2.24, 2.45) is 5.92 Å². The zero-order valence-electron chi connectivity index (χ0n) is 13.8. The van der Waals surface area contributed by atoms with Gasteiger partial charge in [-0.05, 0) is 33.6 Å². The molecular formula is C16H32N2O2. The minimum absolute atomic E-state index is 0.370. The normalized spacial score (nSPS) is 38.9. The van der Waals surface area contributed by atoms with Gasteiger partial charge >= 0.3 is 0 Å². The van der Waals surface area contributed by atoms with Crippen LogP contribution in [0, 0.1) is 5.92 Å². The Kier molecular flexibility index (Phi) is 5.84. The lowest BCUT2D eigenvalue weighted by Crippen LogP contribution is -2.50. The number of hydrogen-bond acceptors (Lipinski definition) is 4. The molecular weight excluding hydrogens is 252 g/mol. The Balaban J connectivity index is 1.75. The average molecular weight is 284 g/mol. The smallest absolute Gasteiger partial charge is 0.0678 e. The molecule has 2 aliphatic heterocycles. The Morgan fingerprint density at radius 2 is 1.05 bits per heavy atom. The summed E-state index contributed by atoms with van der Waals surface area (Å²) in [6.07, 6.45) is 1.48. The fourth-order valence-corrected chi connectivity index (χ4v) is 3.81. The first-order valence-corrected chi connectivity index (χ1v) is 8.18. The van der Waals surface area contributed by atoms with Crippen LogP contribution in [0.2, 0.25) is 0 Å². The van der Waals surface area contributed by atoms with Crippen molar-refractivity contribution in [3.05, 3.63) is 0 Å².